The van der Waals surface area contributed by atoms with Gasteiger partial charge in [-0.05, 0) is 201 Å². The fourth-order valence-corrected chi connectivity index (χ4v) is 14.1. The highest BCUT2D eigenvalue weighted by Crippen LogP contribution is 2.65. The van der Waals surface area contributed by atoms with Gasteiger partial charge in [-0.15, -0.1) is 6.42 Å². The number of hydrogen-bond acceptors (Lipinski definition) is 19. The molecule has 1 heterocycles. The van der Waals surface area contributed by atoms with E-state index in [-0.39, 0.29) is 64.2 Å². The predicted molar refractivity (Wildman–Crippen MR) is 425 cm³/mol. The van der Waals surface area contributed by atoms with Crippen LogP contribution in [0.15, 0.2) is 91.0 Å². The molecule has 0 aromatic heterocycles. The number of terminal acetylenes is 1. The summed E-state index contributed by atoms with van der Waals surface area (Å²) in [6.45, 7) is 8.72. The van der Waals surface area contributed by atoms with Crippen molar-refractivity contribution >= 4 is 52.5 Å². The third-order valence-corrected chi connectivity index (χ3v) is 19.7. The lowest BCUT2D eigenvalue weighted by atomic mass is 9.56. The molecule has 584 valence electrons. The molecule has 4 atom stereocenters. The van der Waals surface area contributed by atoms with Gasteiger partial charge in [0.15, 0.2) is 11.4 Å². The number of methoxy groups -OCH3 is 1. The van der Waals surface area contributed by atoms with Gasteiger partial charge in [0.1, 0.15) is 68.2 Å². The van der Waals surface area contributed by atoms with E-state index in [1.807, 2.05) is 68.4 Å². The first-order valence-electron chi connectivity index (χ1n) is 38.5. The molecule has 4 unspecified atom stereocenters. The smallest absolute Gasteiger partial charge is 0.412 e. The number of Topliss-reactive ketones (excluding diaryl/α,β-unsaturated/α-hetero) is 1. The van der Waals surface area contributed by atoms with E-state index < -0.39 is 85.9 Å². The number of fused-ring (bicyclic) bond motifs is 10. The van der Waals surface area contributed by atoms with Crippen LogP contribution in [0.4, 0.5) is 0 Å². The molecule has 4 aliphatic rings. The summed E-state index contributed by atoms with van der Waals surface area (Å²) in [6, 6.07) is 28.6. The van der Waals surface area contributed by atoms with Crippen LogP contribution in [0.2, 0.25) is 0 Å². The van der Waals surface area contributed by atoms with Gasteiger partial charge < -0.3 is 61.6 Å². The molecule has 0 bridgehead atoms. The van der Waals surface area contributed by atoms with Crippen molar-refractivity contribution in [3.8, 4) is 141 Å². The summed E-state index contributed by atoms with van der Waals surface area (Å²) < 4.78 is 74.5. The SMILES string of the molecule is C#CC#CC#CC#CC#CC#CC#CC#CC#COCCOc1ccc(C2(c3ccc(OCCOC(=O)CCC(=O)OC(OC(=O)CCC(=O)COC(C)COCCCC)OC(=O)CCC(=O)OC(C)COCCCC)cc3)C=Cc3c4c(c5ccc(OC)cc5c3O2)-c2ccc(C)cc2C42CCC3(CCCCC3)CC2)cc1. The molecule has 0 N–H and O–H groups in total. The number of rotatable bonds is 37. The zero-order valence-corrected chi connectivity index (χ0v) is 65.1. The van der Waals surface area contributed by atoms with Gasteiger partial charge in [-0.3, -0.25) is 28.8 Å². The maximum Gasteiger partial charge on any atom is 0.412 e. The first kappa shape index (κ1) is 85.0. The molecule has 1 aliphatic heterocycles. The quantitative estimate of drug-likeness (QED) is 0.0118. The maximum absolute atomic E-state index is 13.2. The van der Waals surface area contributed by atoms with Crippen LogP contribution in [-0.4, -0.2) is 121 Å². The van der Waals surface area contributed by atoms with Crippen LogP contribution >= 0.6 is 0 Å². The van der Waals surface area contributed by atoms with E-state index in [9.17, 15) is 28.8 Å². The van der Waals surface area contributed by atoms with Crippen molar-refractivity contribution in [2.75, 3.05) is 66.6 Å². The van der Waals surface area contributed by atoms with Crippen molar-refractivity contribution in [2.24, 2.45) is 5.41 Å². The molecule has 5 aromatic rings. The van der Waals surface area contributed by atoms with Crippen LogP contribution in [0.5, 0.6) is 23.0 Å². The van der Waals surface area contributed by atoms with Crippen LogP contribution < -0.4 is 18.9 Å². The van der Waals surface area contributed by atoms with E-state index in [1.54, 1.807) is 21.0 Å². The second-order valence-corrected chi connectivity index (χ2v) is 27.8. The Morgan fingerprint density at radius 2 is 1.04 bits per heavy atom. The standard InChI is InChI=1S/C94H94O19/c1-8-11-14-15-16-17-18-19-20-21-22-23-24-25-26-30-59-102-60-61-105-75-37-32-72(33-38-75)94(52-49-80-89-88(78-43-41-77(101-7)65-81(78)90(80)113-94)79-42-31-69(4)64-82(79)93(89)55-53-92(54-56-93)50-28-27-29-51-92)73-34-39-76(40-35-73)106-62-63-107-83(96)45-46-86(99)111-91(112-87(100)48-47-84(97)109-71(6)67-104-58-13-10-3)110-85(98)44-36-74(95)68-108-70(5)66-103-57-12-9-2/h1,31-35,37-43,49,52,64-65,70-71,91H,9-10,12-13,27-29,36,44-48,50-51,53-58,60-63,66-68H2,2-7H3. The van der Waals surface area contributed by atoms with E-state index in [2.05, 4.69) is 150 Å². The van der Waals surface area contributed by atoms with Crippen molar-refractivity contribution in [3.05, 3.63) is 124 Å². The highest BCUT2D eigenvalue weighted by atomic mass is 16.9. The summed E-state index contributed by atoms with van der Waals surface area (Å²) in [4.78, 5) is 77.5. The summed E-state index contributed by atoms with van der Waals surface area (Å²) in [5, 5.41) is 2.00. The first-order valence-corrected chi connectivity index (χ1v) is 38.5. The minimum Gasteiger partial charge on any atom is -0.497 e. The Labute approximate surface area is 663 Å². The Kier molecular flexibility index (Phi) is 33.2. The summed E-state index contributed by atoms with van der Waals surface area (Å²) in [6.07, 6.45) is 22.7. The van der Waals surface area contributed by atoms with Crippen LogP contribution in [0.25, 0.3) is 28.0 Å². The van der Waals surface area contributed by atoms with Gasteiger partial charge in [0.05, 0.1) is 58.5 Å². The van der Waals surface area contributed by atoms with Crippen molar-refractivity contribution in [1.82, 2.24) is 0 Å². The van der Waals surface area contributed by atoms with E-state index >= 15 is 0 Å². The van der Waals surface area contributed by atoms with E-state index in [1.165, 1.54) is 59.9 Å². The van der Waals surface area contributed by atoms with Crippen LogP contribution in [0.3, 0.4) is 0 Å². The molecule has 3 aliphatic carbocycles. The summed E-state index contributed by atoms with van der Waals surface area (Å²) in [5.74, 6) is 37.4. The van der Waals surface area contributed by atoms with Crippen molar-refractivity contribution in [1.29, 1.82) is 0 Å². The van der Waals surface area contributed by atoms with Crippen molar-refractivity contribution in [3.63, 3.8) is 0 Å². The summed E-state index contributed by atoms with van der Waals surface area (Å²) in [5.41, 5.74) is 8.00. The zero-order valence-electron chi connectivity index (χ0n) is 65.1. The number of carbonyl (C=O) groups is 6. The number of aryl methyl sites for hydroxylation is 1. The Morgan fingerprint density at radius 3 is 1.61 bits per heavy atom. The third-order valence-electron chi connectivity index (χ3n) is 19.7. The molecule has 113 heavy (non-hydrogen) atoms. The van der Waals surface area contributed by atoms with E-state index in [0.29, 0.717) is 35.9 Å². The number of benzene rings is 5. The molecule has 2 saturated carbocycles. The minimum atomic E-state index is -2.22. The number of ketones is 1. The molecule has 5 aromatic carbocycles. The Bertz CT molecular complexity index is 4830. The van der Waals surface area contributed by atoms with Gasteiger partial charge in [0.2, 0.25) is 0 Å². The molecule has 9 rings (SSSR count). The minimum absolute atomic E-state index is 0.0688. The molecule has 0 radical (unpaired) electrons. The maximum atomic E-state index is 13.2. The van der Waals surface area contributed by atoms with Crippen molar-refractivity contribution in [2.45, 2.75) is 186 Å². The zero-order chi connectivity index (χ0) is 80.1. The average Bonchev–Trinajstić information content (AvgIpc) is 1.54. The molecule has 2 fully saturated rings. The fourth-order valence-electron chi connectivity index (χ4n) is 14.1. The largest absolute Gasteiger partial charge is 0.497 e. The van der Waals surface area contributed by atoms with Crippen LogP contribution in [0, 0.1) is 120 Å². The fraction of sp³-hybridized carbons (Fsp3) is 0.426. The van der Waals surface area contributed by atoms with Gasteiger partial charge in [0, 0.05) is 94.5 Å². The number of ether oxygens (including phenoxy) is 13. The lowest BCUT2D eigenvalue weighted by Crippen LogP contribution is -2.39. The normalized spacial score (nSPS) is 15.2. The van der Waals surface area contributed by atoms with Crippen LogP contribution in [0.1, 0.15) is 183 Å². The second kappa shape index (κ2) is 44.2. The lowest BCUT2D eigenvalue weighted by Gasteiger charge is -2.49. The molecule has 19 nitrogen and oxygen atoms in total. The Morgan fingerprint density at radius 1 is 0.522 bits per heavy atom. The highest BCUT2D eigenvalue weighted by Gasteiger charge is 2.52. The number of unbranched alkanes of at least 4 members (excludes halogenated alkanes) is 2. The Balaban J connectivity index is 0.867. The molecule has 0 amide bonds. The highest BCUT2D eigenvalue weighted by molar-refractivity contribution is 6.09. The number of carbonyl (C=O) groups excluding carboxylic acids is 6. The average molecular weight is 1530 g/mol. The third kappa shape index (κ3) is 25.0. The molecule has 0 saturated heterocycles. The second-order valence-electron chi connectivity index (χ2n) is 27.8. The van der Waals surface area contributed by atoms with Gasteiger partial charge in [0.25, 0.3) is 0 Å². The molecule has 2 spiro atoms. The topological polar surface area (TPSA) is 222 Å². The van der Waals surface area contributed by atoms with Gasteiger partial charge in [-0.2, -0.15) is 0 Å². The van der Waals surface area contributed by atoms with E-state index in [0.717, 1.165) is 84.6 Å². The van der Waals surface area contributed by atoms with Gasteiger partial charge in [-0.1, -0.05) is 100 Å². The first-order chi connectivity index (χ1) is 55.0. The van der Waals surface area contributed by atoms with Gasteiger partial charge in [-0.25, -0.2) is 0 Å². The summed E-state index contributed by atoms with van der Waals surface area (Å²) >= 11 is 0. The van der Waals surface area contributed by atoms with Crippen LogP contribution in [-0.2, 0) is 82.4 Å². The lowest BCUT2D eigenvalue weighted by molar-refractivity contribution is -0.258. The van der Waals surface area contributed by atoms with Crippen molar-refractivity contribution < 1.29 is 90.3 Å². The Hall–Kier alpha value is -12.0. The summed E-state index contributed by atoms with van der Waals surface area (Å²) in [7, 11) is 1.67. The number of hydrogen-bond donors (Lipinski definition) is 0. The predicted octanol–water partition coefficient (Wildman–Crippen LogP) is 14.0. The molecular formula is C94H94O19. The van der Waals surface area contributed by atoms with Gasteiger partial charge >= 0.3 is 36.3 Å². The van der Waals surface area contributed by atoms with E-state index in [4.69, 9.17) is 68.0 Å². The monoisotopic (exact) mass is 1530 g/mol. The molecule has 19 heteroatoms. The number of esters is 5. The molecular weight excluding hydrogens is 1430 g/mol.